The zero-order valence-corrected chi connectivity index (χ0v) is 12.6. The third-order valence-corrected chi connectivity index (χ3v) is 3.90. The van der Waals surface area contributed by atoms with Gasteiger partial charge in [0.25, 0.3) is 0 Å². The zero-order valence-electron chi connectivity index (χ0n) is 11.7. The maximum absolute atomic E-state index is 11.3. The van der Waals surface area contributed by atoms with Crippen LogP contribution in [0.3, 0.4) is 0 Å². The number of rotatable bonds is 5. The SMILES string of the molecule is CC(CS(C)(=O)=O)Nc1cccc(-c2nncn2C)c1. The van der Waals surface area contributed by atoms with E-state index in [1.807, 2.05) is 42.8 Å². The predicted molar refractivity (Wildman–Crippen MR) is 79.2 cm³/mol. The molecule has 0 saturated heterocycles. The lowest BCUT2D eigenvalue weighted by molar-refractivity contribution is 0.598. The number of aromatic nitrogens is 3. The predicted octanol–water partition coefficient (Wildman–Crippen LogP) is 1.33. The molecule has 1 unspecified atom stereocenters. The van der Waals surface area contributed by atoms with Crippen LogP contribution in [0.5, 0.6) is 0 Å². The van der Waals surface area contributed by atoms with Crippen LogP contribution in [0.25, 0.3) is 11.4 Å². The highest BCUT2D eigenvalue weighted by atomic mass is 32.2. The lowest BCUT2D eigenvalue weighted by Gasteiger charge is -2.14. The van der Waals surface area contributed by atoms with Crippen LogP contribution in [-0.2, 0) is 16.9 Å². The Labute approximate surface area is 118 Å². The van der Waals surface area contributed by atoms with Crippen molar-refractivity contribution in [2.24, 2.45) is 7.05 Å². The summed E-state index contributed by atoms with van der Waals surface area (Å²) in [4.78, 5) is 0. The van der Waals surface area contributed by atoms with E-state index in [9.17, 15) is 8.42 Å². The van der Waals surface area contributed by atoms with Gasteiger partial charge in [0.1, 0.15) is 16.2 Å². The lowest BCUT2D eigenvalue weighted by atomic mass is 10.2. The molecule has 1 N–H and O–H groups in total. The van der Waals surface area contributed by atoms with Crippen LogP contribution in [0.2, 0.25) is 0 Å². The normalized spacial score (nSPS) is 13.2. The van der Waals surface area contributed by atoms with Gasteiger partial charge in [0, 0.05) is 30.6 Å². The Balaban J connectivity index is 2.17. The van der Waals surface area contributed by atoms with Gasteiger partial charge < -0.3 is 9.88 Å². The van der Waals surface area contributed by atoms with E-state index < -0.39 is 9.84 Å². The molecule has 1 atom stereocenters. The quantitative estimate of drug-likeness (QED) is 0.900. The van der Waals surface area contributed by atoms with Gasteiger partial charge in [-0.25, -0.2) is 8.42 Å². The Morgan fingerprint density at radius 3 is 2.75 bits per heavy atom. The van der Waals surface area contributed by atoms with Crippen molar-refractivity contribution >= 4 is 15.5 Å². The van der Waals surface area contributed by atoms with E-state index in [0.717, 1.165) is 17.1 Å². The van der Waals surface area contributed by atoms with Gasteiger partial charge in [-0.1, -0.05) is 12.1 Å². The fraction of sp³-hybridized carbons (Fsp3) is 0.385. The number of hydrogen-bond donors (Lipinski definition) is 1. The lowest BCUT2D eigenvalue weighted by Crippen LogP contribution is -2.24. The molecule has 2 rings (SSSR count). The summed E-state index contributed by atoms with van der Waals surface area (Å²) >= 11 is 0. The van der Waals surface area contributed by atoms with E-state index in [1.165, 1.54) is 6.26 Å². The van der Waals surface area contributed by atoms with Gasteiger partial charge in [0.2, 0.25) is 0 Å². The summed E-state index contributed by atoms with van der Waals surface area (Å²) < 4.78 is 24.4. The van der Waals surface area contributed by atoms with Gasteiger partial charge >= 0.3 is 0 Å². The van der Waals surface area contributed by atoms with E-state index in [4.69, 9.17) is 0 Å². The number of anilines is 1. The number of nitrogens with zero attached hydrogens (tertiary/aromatic N) is 3. The second-order valence-electron chi connectivity index (χ2n) is 4.98. The summed E-state index contributed by atoms with van der Waals surface area (Å²) in [5.74, 6) is 0.866. The maximum Gasteiger partial charge on any atom is 0.163 e. The van der Waals surface area contributed by atoms with Crippen LogP contribution in [0.4, 0.5) is 5.69 Å². The van der Waals surface area contributed by atoms with Crippen molar-refractivity contribution in [2.45, 2.75) is 13.0 Å². The smallest absolute Gasteiger partial charge is 0.163 e. The molecule has 0 spiro atoms. The first kappa shape index (κ1) is 14.5. The summed E-state index contributed by atoms with van der Waals surface area (Å²) in [5, 5.41) is 11.1. The topological polar surface area (TPSA) is 76.9 Å². The van der Waals surface area contributed by atoms with Crippen molar-refractivity contribution in [3.05, 3.63) is 30.6 Å². The molecule has 108 valence electrons. The van der Waals surface area contributed by atoms with Gasteiger partial charge in [-0.2, -0.15) is 0 Å². The van der Waals surface area contributed by atoms with Gasteiger partial charge in [-0.3, -0.25) is 0 Å². The van der Waals surface area contributed by atoms with E-state index in [2.05, 4.69) is 15.5 Å². The molecule has 1 heterocycles. The largest absolute Gasteiger partial charge is 0.382 e. The molecule has 0 amide bonds. The minimum atomic E-state index is -2.99. The average Bonchev–Trinajstić information content (AvgIpc) is 2.73. The molecule has 0 saturated carbocycles. The first-order chi connectivity index (χ1) is 9.35. The minimum Gasteiger partial charge on any atom is -0.382 e. The number of hydrogen-bond acceptors (Lipinski definition) is 5. The zero-order chi connectivity index (χ0) is 14.8. The van der Waals surface area contributed by atoms with Crippen LogP contribution in [0.1, 0.15) is 6.92 Å². The molecule has 1 aromatic carbocycles. The van der Waals surface area contributed by atoms with Crippen LogP contribution in [-0.4, -0.2) is 41.2 Å². The molecule has 7 heteroatoms. The highest BCUT2D eigenvalue weighted by Crippen LogP contribution is 2.20. The Bertz CT molecular complexity index is 694. The molecule has 0 bridgehead atoms. The van der Waals surface area contributed by atoms with Crippen LogP contribution >= 0.6 is 0 Å². The summed E-state index contributed by atoms with van der Waals surface area (Å²) in [6.07, 6.45) is 2.88. The summed E-state index contributed by atoms with van der Waals surface area (Å²) in [6.45, 7) is 1.84. The molecule has 0 aliphatic rings. The van der Waals surface area contributed by atoms with E-state index in [1.54, 1.807) is 6.33 Å². The first-order valence-electron chi connectivity index (χ1n) is 6.24. The molecule has 6 nitrogen and oxygen atoms in total. The van der Waals surface area contributed by atoms with Crippen LogP contribution in [0.15, 0.2) is 30.6 Å². The van der Waals surface area contributed by atoms with Gasteiger partial charge in [-0.15, -0.1) is 10.2 Å². The molecule has 0 radical (unpaired) electrons. The monoisotopic (exact) mass is 294 g/mol. The van der Waals surface area contributed by atoms with Crippen molar-refractivity contribution in [3.8, 4) is 11.4 Å². The fourth-order valence-electron chi connectivity index (χ4n) is 2.07. The van der Waals surface area contributed by atoms with Crippen molar-refractivity contribution in [2.75, 3.05) is 17.3 Å². The molecule has 20 heavy (non-hydrogen) atoms. The fourth-order valence-corrected chi connectivity index (χ4v) is 3.06. The van der Waals surface area contributed by atoms with Gasteiger partial charge in [0.05, 0.1) is 5.75 Å². The standard InChI is InChI=1S/C13H18N4O2S/c1-10(8-20(3,18)19)15-12-6-4-5-11(7-12)13-16-14-9-17(13)2/h4-7,9-10,15H,8H2,1-3H3. The van der Waals surface area contributed by atoms with Crippen LogP contribution < -0.4 is 5.32 Å². The third kappa shape index (κ3) is 3.80. The van der Waals surface area contributed by atoms with Crippen molar-refractivity contribution in [3.63, 3.8) is 0 Å². The Morgan fingerprint density at radius 1 is 1.40 bits per heavy atom. The second-order valence-corrected chi connectivity index (χ2v) is 7.17. The average molecular weight is 294 g/mol. The van der Waals surface area contributed by atoms with Crippen molar-refractivity contribution in [1.82, 2.24) is 14.8 Å². The maximum atomic E-state index is 11.3. The number of aryl methyl sites for hydroxylation is 1. The molecule has 0 aliphatic carbocycles. The Hall–Kier alpha value is -1.89. The number of sulfone groups is 1. The highest BCUT2D eigenvalue weighted by Gasteiger charge is 2.11. The Kier molecular flexibility index (Phi) is 4.08. The number of benzene rings is 1. The van der Waals surface area contributed by atoms with Crippen LogP contribution in [0, 0.1) is 0 Å². The molecule has 1 aromatic heterocycles. The Morgan fingerprint density at radius 2 is 2.15 bits per heavy atom. The summed E-state index contributed by atoms with van der Waals surface area (Å²) in [5.41, 5.74) is 1.79. The van der Waals surface area contributed by atoms with Gasteiger partial charge in [-0.05, 0) is 19.1 Å². The van der Waals surface area contributed by atoms with Crippen molar-refractivity contribution < 1.29 is 8.42 Å². The summed E-state index contributed by atoms with van der Waals surface area (Å²) in [6, 6.07) is 7.52. The molecular formula is C13H18N4O2S. The highest BCUT2D eigenvalue weighted by molar-refractivity contribution is 7.90. The minimum absolute atomic E-state index is 0.0984. The van der Waals surface area contributed by atoms with E-state index in [-0.39, 0.29) is 11.8 Å². The molecular weight excluding hydrogens is 276 g/mol. The molecule has 0 fully saturated rings. The molecule has 2 aromatic rings. The number of nitrogens with one attached hydrogen (secondary N) is 1. The third-order valence-electron chi connectivity index (χ3n) is 2.80. The van der Waals surface area contributed by atoms with E-state index >= 15 is 0 Å². The van der Waals surface area contributed by atoms with Gasteiger partial charge in [0.15, 0.2) is 5.82 Å². The molecule has 0 aliphatic heterocycles. The van der Waals surface area contributed by atoms with Crippen molar-refractivity contribution in [1.29, 1.82) is 0 Å². The summed E-state index contributed by atoms with van der Waals surface area (Å²) in [7, 11) is -1.12. The first-order valence-corrected chi connectivity index (χ1v) is 8.30. The second kappa shape index (κ2) is 5.62. The van der Waals surface area contributed by atoms with E-state index in [0.29, 0.717) is 0 Å².